The highest BCUT2D eigenvalue weighted by atomic mass is 16.5. The number of ether oxygens (including phenoxy) is 3. The van der Waals surface area contributed by atoms with Crippen molar-refractivity contribution in [2.75, 3.05) is 19.8 Å². The Balaban J connectivity index is 1.57. The predicted octanol–water partition coefficient (Wildman–Crippen LogP) is 4.22. The van der Waals surface area contributed by atoms with Gasteiger partial charge in [0.2, 0.25) is 0 Å². The summed E-state index contributed by atoms with van der Waals surface area (Å²) in [6.45, 7) is 4.57. The number of fused-ring (bicyclic) bond motifs is 1. The van der Waals surface area contributed by atoms with E-state index in [0.717, 1.165) is 31.2 Å². The van der Waals surface area contributed by atoms with Crippen LogP contribution in [0, 0.1) is 0 Å². The summed E-state index contributed by atoms with van der Waals surface area (Å²) in [6, 6.07) is 13.0. The van der Waals surface area contributed by atoms with Crippen molar-refractivity contribution in [1.29, 1.82) is 0 Å². The Morgan fingerprint density at radius 2 is 1.90 bits per heavy atom. The van der Waals surface area contributed by atoms with Gasteiger partial charge in [-0.2, -0.15) is 0 Å². The molecule has 0 saturated heterocycles. The van der Waals surface area contributed by atoms with Crippen LogP contribution in [0.3, 0.4) is 0 Å². The molecule has 0 unspecified atom stereocenters. The Morgan fingerprint density at radius 1 is 1.07 bits per heavy atom. The standard InChI is InChI=1S/C24H29NO5/c1-3-14-29-21-13-12-18(15-22(21)28-4-2)24(27)30-16-23(26)25-20-11-7-9-17-8-5-6-10-19(17)20/h5-6,8,10,12-13,15,20H,3-4,7,9,11,14,16H2,1-2H3,(H,25,26)/t20-/m1/s1. The first-order valence-corrected chi connectivity index (χ1v) is 10.6. The van der Waals surface area contributed by atoms with Crippen LogP contribution in [0.2, 0.25) is 0 Å². The fourth-order valence-electron chi connectivity index (χ4n) is 3.59. The van der Waals surface area contributed by atoms with E-state index in [1.54, 1.807) is 18.2 Å². The molecule has 2 aromatic carbocycles. The molecule has 0 aliphatic heterocycles. The van der Waals surface area contributed by atoms with Gasteiger partial charge in [-0.15, -0.1) is 0 Å². The van der Waals surface area contributed by atoms with Crippen LogP contribution in [0.1, 0.15) is 60.6 Å². The Bertz CT molecular complexity index is 880. The first-order chi connectivity index (χ1) is 14.6. The van der Waals surface area contributed by atoms with Crippen LogP contribution in [-0.2, 0) is 16.0 Å². The highest BCUT2D eigenvalue weighted by molar-refractivity contribution is 5.92. The number of nitrogens with one attached hydrogen (secondary N) is 1. The second kappa shape index (κ2) is 10.7. The SMILES string of the molecule is CCCOc1ccc(C(=O)OCC(=O)N[C@@H]2CCCc3ccccc32)cc1OCC. The van der Waals surface area contributed by atoms with Crippen LogP contribution in [0.4, 0.5) is 0 Å². The molecule has 0 saturated carbocycles. The molecule has 160 valence electrons. The quantitative estimate of drug-likeness (QED) is 0.625. The number of carbonyl (C=O) groups excluding carboxylic acids is 2. The van der Waals surface area contributed by atoms with Crippen LogP contribution in [0.25, 0.3) is 0 Å². The van der Waals surface area contributed by atoms with Gasteiger partial charge < -0.3 is 19.5 Å². The van der Waals surface area contributed by atoms with E-state index in [-0.39, 0.29) is 18.6 Å². The van der Waals surface area contributed by atoms with Crippen molar-refractivity contribution in [1.82, 2.24) is 5.32 Å². The Morgan fingerprint density at radius 3 is 2.70 bits per heavy atom. The summed E-state index contributed by atoms with van der Waals surface area (Å²) in [4.78, 5) is 24.8. The number of carbonyl (C=O) groups is 2. The zero-order chi connectivity index (χ0) is 21.3. The van der Waals surface area contributed by atoms with Crippen molar-refractivity contribution < 1.29 is 23.8 Å². The minimum absolute atomic E-state index is 0.0410. The molecule has 1 N–H and O–H groups in total. The summed E-state index contributed by atoms with van der Waals surface area (Å²) in [5, 5.41) is 2.99. The third kappa shape index (κ3) is 5.53. The van der Waals surface area contributed by atoms with Gasteiger partial charge >= 0.3 is 5.97 Å². The zero-order valence-corrected chi connectivity index (χ0v) is 17.6. The highest BCUT2D eigenvalue weighted by Gasteiger charge is 2.22. The van der Waals surface area contributed by atoms with Gasteiger partial charge in [-0.3, -0.25) is 4.79 Å². The molecule has 2 aromatic rings. The van der Waals surface area contributed by atoms with Crippen LogP contribution < -0.4 is 14.8 Å². The number of esters is 1. The summed E-state index contributed by atoms with van der Waals surface area (Å²) in [6.07, 6.45) is 3.80. The molecular weight excluding hydrogens is 382 g/mol. The van der Waals surface area contributed by atoms with Gasteiger partial charge in [0.25, 0.3) is 5.91 Å². The number of hydrogen-bond acceptors (Lipinski definition) is 5. The fraction of sp³-hybridized carbons (Fsp3) is 0.417. The van der Waals surface area contributed by atoms with Gasteiger partial charge in [-0.25, -0.2) is 4.79 Å². The van der Waals surface area contributed by atoms with Crippen molar-refractivity contribution in [3.8, 4) is 11.5 Å². The number of benzene rings is 2. The molecule has 1 aliphatic carbocycles. The maximum atomic E-state index is 12.4. The van der Waals surface area contributed by atoms with E-state index >= 15 is 0 Å². The molecule has 0 spiro atoms. The van der Waals surface area contributed by atoms with E-state index in [0.29, 0.717) is 30.3 Å². The minimum atomic E-state index is -0.572. The Hall–Kier alpha value is -3.02. The topological polar surface area (TPSA) is 73.9 Å². The second-order valence-electron chi connectivity index (χ2n) is 7.23. The van der Waals surface area contributed by atoms with Crippen LogP contribution in [0.15, 0.2) is 42.5 Å². The lowest BCUT2D eigenvalue weighted by molar-refractivity contribution is -0.125. The van der Waals surface area contributed by atoms with Crippen molar-refractivity contribution in [3.05, 3.63) is 59.2 Å². The first kappa shape index (κ1) is 21.7. The zero-order valence-electron chi connectivity index (χ0n) is 17.6. The number of hydrogen-bond donors (Lipinski definition) is 1. The minimum Gasteiger partial charge on any atom is -0.490 e. The Kier molecular flexibility index (Phi) is 7.71. The number of rotatable bonds is 9. The summed E-state index contributed by atoms with van der Waals surface area (Å²) in [5.41, 5.74) is 2.73. The summed E-state index contributed by atoms with van der Waals surface area (Å²) in [7, 11) is 0. The van der Waals surface area contributed by atoms with Crippen molar-refractivity contribution in [2.45, 2.75) is 45.6 Å². The maximum Gasteiger partial charge on any atom is 0.338 e. The van der Waals surface area contributed by atoms with Crippen molar-refractivity contribution in [2.24, 2.45) is 0 Å². The lowest BCUT2D eigenvalue weighted by Crippen LogP contribution is -2.34. The molecule has 1 atom stereocenters. The maximum absolute atomic E-state index is 12.4. The van der Waals surface area contributed by atoms with Gasteiger partial charge in [-0.1, -0.05) is 31.2 Å². The third-order valence-electron chi connectivity index (χ3n) is 4.98. The molecule has 0 aromatic heterocycles. The van der Waals surface area contributed by atoms with E-state index in [9.17, 15) is 9.59 Å². The van der Waals surface area contributed by atoms with Gasteiger partial charge in [0, 0.05) is 0 Å². The molecule has 0 bridgehead atoms. The summed E-state index contributed by atoms with van der Waals surface area (Å²) < 4.78 is 16.4. The molecule has 0 fully saturated rings. The Labute approximate surface area is 177 Å². The molecule has 6 nitrogen and oxygen atoms in total. The lowest BCUT2D eigenvalue weighted by Gasteiger charge is -2.26. The monoisotopic (exact) mass is 411 g/mol. The second-order valence-corrected chi connectivity index (χ2v) is 7.23. The normalized spacial score (nSPS) is 15.1. The van der Waals surface area contributed by atoms with Gasteiger partial charge in [-0.05, 0) is 61.9 Å². The van der Waals surface area contributed by atoms with E-state index < -0.39 is 5.97 Å². The average Bonchev–Trinajstić information content (AvgIpc) is 2.77. The molecule has 1 aliphatic rings. The predicted molar refractivity (Wildman–Crippen MR) is 114 cm³/mol. The van der Waals surface area contributed by atoms with Crippen LogP contribution >= 0.6 is 0 Å². The van der Waals surface area contributed by atoms with Crippen molar-refractivity contribution in [3.63, 3.8) is 0 Å². The molecule has 1 amide bonds. The lowest BCUT2D eigenvalue weighted by atomic mass is 9.88. The number of amides is 1. The summed E-state index contributed by atoms with van der Waals surface area (Å²) >= 11 is 0. The first-order valence-electron chi connectivity index (χ1n) is 10.6. The van der Waals surface area contributed by atoms with E-state index in [4.69, 9.17) is 14.2 Å². The largest absolute Gasteiger partial charge is 0.490 e. The van der Waals surface area contributed by atoms with Crippen molar-refractivity contribution >= 4 is 11.9 Å². The molecule has 0 heterocycles. The van der Waals surface area contributed by atoms with Gasteiger partial charge in [0.05, 0.1) is 24.8 Å². The fourth-order valence-corrected chi connectivity index (χ4v) is 3.59. The van der Waals surface area contributed by atoms with Crippen LogP contribution in [-0.4, -0.2) is 31.7 Å². The van der Waals surface area contributed by atoms with E-state index in [1.165, 1.54) is 5.56 Å². The van der Waals surface area contributed by atoms with E-state index in [1.807, 2.05) is 32.0 Å². The third-order valence-corrected chi connectivity index (χ3v) is 4.98. The molecule has 6 heteroatoms. The van der Waals surface area contributed by atoms with Gasteiger partial charge in [0.15, 0.2) is 18.1 Å². The molecular formula is C24H29NO5. The van der Waals surface area contributed by atoms with Gasteiger partial charge in [0.1, 0.15) is 0 Å². The molecule has 30 heavy (non-hydrogen) atoms. The molecule has 0 radical (unpaired) electrons. The van der Waals surface area contributed by atoms with E-state index in [2.05, 4.69) is 11.4 Å². The smallest absolute Gasteiger partial charge is 0.338 e. The summed E-state index contributed by atoms with van der Waals surface area (Å²) in [5.74, 6) is 0.197. The average molecular weight is 411 g/mol. The highest BCUT2D eigenvalue weighted by Crippen LogP contribution is 2.30. The molecule has 3 rings (SSSR count). The number of aryl methyl sites for hydroxylation is 1. The van der Waals surface area contributed by atoms with Crippen LogP contribution in [0.5, 0.6) is 11.5 Å².